The monoisotopic (exact) mass is 236 g/mol. The van der Waals surface area contributed by atoms with Crippen LogP contribution in [0.1, 0.15) is 32.6 Å². The highest BCUT2D eigenvalue weighted by molar-refractivity contribution is 6.61. The second-order valence-corrected chi connectivity index (χ2v) is 5.46. The lowest BCUT2D eigenvalue weighted by Gasteiger charge is -2.56. The van der Waals surface area contributed by atoms with Gasteiger partial charge in [0.05, 0.1) is 0 Å². The predicted molar refractivity (Wildman–Crippen MR) is 55.8 cm³/mol. The Morgan fingerprint density at radius 2 is 2.21 bits per heavy atom. The zero-order valence-corrected chi connectivity index (χ0v) is 9.70. The smallest absolute Gasteiger partial charge is 0.201 e. The van der Waals surface area contributed by atoms with Crippen molar-refractivity contribution in [3.05, 3.63) is 0 Å². The van der Waals surface area contributed by atoms with Crippen LogP contribution in [0.15, 0.2) is 0 Å². The van der Waals surface area contributed by atoms with Crippen LogP contribution in [0.3, 0.4) is 0 Å². The lowest BCUT2D eigenvalue weighted by Crippen LogP contribution is -2.72. The minimum Gasteiger partial charge on any atom is -0.367 e. The number of carbonyl (C=O) groups is 1. The van der Waals surface area contributed by atoms with E-state index in [2.05, 4.69) is 0 Å². The molecule has 0 N–H and O–H groups in total. The van der Waals surface area contributed by atoms with Gasteiger partial charge in [-0.1, -0.05) is 36.0 Å². The average molecular weight is 237 g/mol. The SMILES string of the molecule is CCOC12CCCCC1C(Cl)(Cl)C2=O. The van der Waals surface area contributed by atoms with Gasteiger partial charge in [-0.25, -0.2) is 0 Å². The molecular weight excluding hydrogens is 223 g/mol. The topological polar surface area (TPSA) is 26.3 Å². The van der Waals surface area contributed by atoms with Crippen LogP contribution in [0, 0.1) is 5.92 Å². The first-order chi connectivity index (χ1) is 6.55. The van der Waals surface area contributed by atoms with E-state index in [0.29, 0.717) is 6.61 Å². The van der Waals surface area contributed by atoms with Gasteiger partial charge in [0.15, 0.2) is 4.33 Å². The van der Waals surface area contributed by atoms with Gasteiger partial charge in [0, 0.05) is 12.5 Å². The van der Waals surface area contributed by atoms with Crippen molar-refractivity contribution in [2.45, 2.75) is 42.5 Å². The third kappa shape index (κ3) is 1.17. The molecule has 2 nitrogen and oxygen atoms in total. The molecule has 2 unspecified atom stereocenters. The van der Waals surface area contributed by atoms with Crippen LogP contribution < -0.4 is 0 Å². The first-order valence-electron chi connectivity index (χ1n) is 5.12. The normalized spacial score (nSPS) is 40.2. The molecule has 2 aliphatic carbocycles. The summed E-state index contributed by atoms with van der Waals surface area (Å²) in [5.41, 5.74) is -0.642. The Morgan fingerprint density at radius 1 is 1.50 bits per heavy atom. The average Bonchev–Trinajstić information content (AvgIpc) is 2.18. The fourth-order valence-corrected chi connectivity index (χ4v) is 3.64. The molecule has 0 aliphatic heterocycles. The third-order valence-electron chi connectivity index (χ3n) is 3.38. The number of hydrogen-bond acceptors (Lipinski definition) is 2. The fourth-order valence-electron chi connectivity index (χ4n) is 2.75. The number of fused-ring (bicyclic) bond motifs is 1. The summed E-state index contributed by atoms with van der Waals surface area (Å²) in [6, 6.07) is 0. The van der Waals surface area contributed by atoms with Crippen LogP contribution in [-0.2, 0) is 9.53 Å². The van der Waals surface area contributed by atoms with Gasteiger partial charge in [0.25, 0.3) is 0 Å². The van der Waals surface area contributed by atoms with Crippen molar-refractivity contribution in [1.82, 2.24) is 0 Å². The molecule has 2 atom stereocenters. The predicted octanol–water partition coefficient (Wildman–Crippen LogP) is 2.71. The van der Waals surface area contributed by atoms with Gasteiger partial charge >= 0.3 is 0 Å². The van der Waals surface area contributed by atoms with Crippen LogP contribution in [0.25, 0.3) is 0 Å². The molecule has 0 heterocycles. The van der Waals surface area contributed by atoms with Crippen molar-refractivity contribution in [2.75, 3.05) is 6.61 Å². The minimum absolute atomic E-state index is 0.000432. The van der Waals surface area contributed by atoms with Crippen LogP contribution >= 0.6 is 23.2 Å². The van der Waals surface area contributed by atoms with Crippen LogP contribution in [0.5, 0.6) is 0 Å². The van der Waals surface area contributed by atoms with Gasteiger partial charge in [0.2, 0.25) is 5.78 Å². The summed E-state index contributed by atoms with van der Waals surface area (Å²) in [7, 11) is 0. The van der Waals surface area contributed by atoms with E-state index in [0.717, 1.165) is 25.7 Å². The number of carbonyl (C=O) groups excluding carboxylic acids is 1. The van der Waals surface area contributed by atoms with Crippen molar-refractivity contribution >= 4 is 29.0 Å². The standard InChI is InChI=1S/C10H14Cl2O2/c1-2-14-9-6-4-3-5-7(9)10(11,12)8(9)13/h7H,2-6H2,1H3. The van der Waals surface area contributed by atoms with Gasteiger partial charge in [-0.15, -0.1) is 0 Å². The van der Waals surface area contributed by atoms with E-state index in [-0.39, 0.29) is 11.7 Å². The maximum absolute atomic E-state index is 11.8. The molecule has 0 aromatic heterocycles. The Morgan fingerprint density at radius 3 is 2.86 bits per heavy atom. The lowest BCUT2D eigenvalue weighted by atomic mass is 9.59. The molecule has 0 spiro atoms. The molecule has 2 fully saturated rings. The van der Waals surface area contributed by atoms with Crippen molar-refractivity contribution < 1.29 is 9.53 Å². The highest BCUT2D eigenvalue weighted by Crippen LogP contribution is 2.59. The largest absolute Gasteiger partial charge is 0.367 e. The molecule has 0 aromatic rings. The molecule has 2 saturated carbocycles. The molecule has 0 bridgehead atoms. The number of ketones is 1. The summed E-state index contributed by atoms with van der Waals surface area (Å²) in [4.78, 5) is 11.8. The first-order valence-corrected chi connectivity index (χ1v) is 5.88. The molecule has 2 rings (SSSR count). The number of Topliss-reactive ketones (excluding diaryl/α,β-unsaturated/α-hetero) is 1. The summed E-state index contributed by atoms with van der Waals surface area (Å²) in [5, 5.41) is 0. The highest BCUT2D eigenvalue weighted by Gasteiger charge is 2.71. The first kappa shape index (κ1) is 10.7. The summed E-state index contributed by atoms with van der Waals surface area (Å²) in [6.07, 6.45) is 3.81. The zero-order valence-electron chi connectivity index (χ0n) is 8.19. The maximum atomic E-state index is 11.8. The molecular formula is C10H14Cl2O2. The number of alkyl halides is 2. The van der Waals surface area contributed by atoms with E-state index in [1.165, 1.54) is 0 Å². The number of hydrogen-bond donors (Lipinski definition) is 0. The lowest BCUT2D eigenvalue weighted by molar-refractivity contribution is -0.185. The van der Waals surface area contributed by atoms with E-state index < -0.39 is 9.93 Å². The Balaban J connectivity index is 2.24. The second-order valence-electron chi connectivity index (χ2n) is 4.07. The van der Waals surface area contributed by atoms with Gasteiger partial charge in [-0.2, -0.15) is 0 Å². The number of rotatable bonds is 2. The van der Waals surface area contributed by atoms with Crippen molar-refractivity contribution in [2.24, 2.45) is 5.92 Å². The molecule has 0 radical (unpaired) electrons. The Labute approximate surface area is 93.9 Å². The maximum Gasteiger partial charge on any atom is 0.201 e. The van der Waals surface area contributed by atoms with Crippen molar-refractivity contribution in [3.63, 3.8) is 0 Å². The van der Waals surface area contributed by atoms with E-state index in [1.54, 1.807) is 0 Å². The highest BCUT2D eigenvalue weighted by atomic mass is 35.5. The van der Waals surface area contributed by atoms with Crippen molar-refractivity contribution in [3.8, 4) is 0 Å². The van der Waals surface area contributed by atoms with Gasteiger partial charge in [0.1, 0.15) is 5.60 Å². The second kappa shape index (κ2) is 3.36. The minimum atomic E-state index is -1.18. The van der Waals surface area contributed by atoms with E-state index in [9.17, 15) is 4.79 Å². The quantitative estimate of drug-likeness (QED) is 0.690. The number of ether oxygens (including phenoxy) is 1. The van der Waals surface area contributed by atoms with Crippen LogP contribution in [-0.4, -0.2) is 22.3 Å². The van der Waals surface area contributed by atoms with Crippen molar-refractivity contribution in [1.29, 1.82) is 0 Å². The molecule has 0 aromatic carbocycles. The summed E-state index contributed by atoms with van der Waals surface area (Å²) in [5.74, 6) is -0.126. The molecule has 14 heavy (non-hydrogen) atoms. The Kier molecular flexibility index (Phi) is 2.57. The number of halogens is 2. The summed E-state index contributed by atoms with van der Waals surface area (Å²) in [6.45, 7) is 2.45. The van der Waals surface area contributed by atoms with Crippen LogP contribution in [0.4, 0.5) is 0 Å². The van der Waals surface area contributed by atoms with E-state index in [1.807, 2.05) is 6.92 Å². The van der Waals surface area contributed by atoms with Gasteiger partial charge in [-0.3, -0.25) is 4.79 Å². The zero-order chi connectivity index (χ0) is 10.4. The van der Waals surface area contributed by atoms with Crippen LogP contribution in [0.2, 0.25) is 0 Å². The molecule has 2 aliphatic rings. The molecule has 0 saturated heterocycles. The summed E-state index contributed by atoms with van der Waals surface area (Å²) >= 11 is 12.0. The fraction of sp³-hybridized carbons (Fsp3) is 0.900. The molecule has 80 valence electrons. The van der Waals surface area contributed by atoms with E-state index in [4.69, 9.17) is 27.9 Å². The van der Waals surface area contributed by atoms with Gasteiger partial charge < -0.3 is 4.74 Å². The molecule has 0 amide bonds. The Hall–Kier alpha value is 0.210. The van der Waals surface area contributed by atoms with Gasteiger partial charge in [-0.05, 0) is 19.8 Å². The third-order valence-corrected chi connectivity index (χ3v) is 4.25. The van der Waals surface area contributed by atoms with E-state index >= 15 is 0 Å². The summed E-state index contributed by atoms with van der Waals surface area (Å²) < 4.78 is 4.41. The Bertz CT molecular complexity index is 261. The molecule has 4 heteroatoms.